The number of nitrogens with zero attached hydrogens (tertiary/aromatic N) is 2. The molecule has 1 atom stereocenters. The second kappa shape index (κ2) is 8.20. The van der Waals surface area contributed by atoms with Crippen LogP contribution in [-0.4, -0.2) is 38.7 Å². The quantitative estimate of drug-likeness (QED) is 0.608. The first-order chi connectivity index (χ1) is 12.6. The molecule has 0 bridgehead atoms. The maximum Gasteiger partial charge on any atom is 0.303 e. The molecule has 0 saturated carbocycles. The molecule has 0 aliphatic heterocycles. The van der Waals surface area contributed by atoms with Crippen LogP contribution in [0.25, 0.3) is 10.9 Å². The minimum atomic E-state index is -0.833. The molecule has 2 amide bonds. The molecule has 0 saturated heterocycles. The molecule has 8 nitrogen and oxygen atoms in total. The highest BCUT2D eigenvalue weighted by Crippen LogP contribution is 2.22. The Balaban J connectivity index is 2.26. The maximum absolute atomic E-state index is 12.8. The molecule has 2 aromatic rings. The molecular formula is C19H26N4O4. The number of primary amides is 1. The van der Waals surface area contributed by atoms with Crippen molar-refractivity contribution in [3.05, 3.63) is 30.0 Å². The number of carboxylic acids is 1. The average molecular weight is 374 g/mol. The van der Waals surface area contributed by atoms with E-state index in [-0.39, 0.29) is 12.1 Å². The molecule has 0 spiro atoms. The number of carbonyl (C=O) groups is 3. The summed E-state index contributed by atoms with van der Waals surface area (Å²) >= 11 is 0. The zero-order chi connectivity index (χ0) is 20.2. The Morgan fingerprint density at radius 2 is 1.89 bits per heavy atom. The van der Waals surface area contributed by atoms with Gasteiger partial charge in [0, 0.05) is 18.4 Å². The number of aromatic nitrogens is 2. The SMILES string of the molecule is CC(C)(C)[C@@H](NC(=O)c1nn(CCCCC(=O)O)c2ccccc12)C(N)=O. The van der Waals surface area contributed by atoms with E-state index >= 15 is 0 Å². The van der Waals surface area contributed by atoms with E-state index in [1.807, 2.05) is 39.0 Å². The number of aliphatic carboxylic acids is 1. The predicted octanol–water partition coefficient (Wildman–Crippen LogP) is 1.92. The molecule has 0 unspecified atom stereocenters. The summed E-state index contributed by atoms with van der Waals surface area (Å²) in [5.74, 6) is -1.90. The number of aryl methyl sites for hydroxylation is 1. The summed E-state index contributed by atoms with van der Waals surface area (Å²) in [4.78, 5) is 35.2. The van der Waals surface area contributed by atoms with Crippen LogP contribution in [-0.2, 0) is 16.1 Å². The fourth-order valence-corrected chi connectivity index (χ4v) is 2.92. The van der Waals surface area contributed by atoms with Crippen LogP contribution in [0.4, 0.5) is 0 Å². The van der Waals surface area contributed by atoms with Crippen LogP contribution in [0.15, 0.2) is 24.3 Å². The van der Waals surface area contributed by atoms with Crippen LogP contribution in [0.2, 0.25) is 0 Å². The lowest BCUT2D eigenvalue weighted by Gasteiger charge is -2.28. The van der Waals surface area contributed by atoms with E-state index in [0.29, 0.717) is 24.8 Å². The highest BCUT2D eigenvalue weighted by atomic mass is 16.4. The van der Waals surface area contributed by atoms with Crippen molar-refractivity contribution in [1.82, 2.24) is 15.1 Å². The number of benzene rings is 1. The average Bonchev–Trinajstić information content (AvgIpc) is 2.94. The Hall–Kier alpha value is -2.90. The van der Waals surface area contributed by atoms with Gasteiger partial charge in [-0.1, -0.05) is 39.0 Å². The zero-order valence-corrected chi connectivity index (χ0v) is 15.9. The molecule has 2 rings (SSSR count). The first-order valence-corrected chi connectivity index (χ1v) is 8.89. The number of unbranched alkanes of at least 4 members (excludes halogenated alkanes) is 1. The number of hydrogen-bond donors (Lipinski definition) is 3. The van der Waals surface area contributed by atoms with Crippen LogP contribution in [0.1, 0.15) is 50.5 Å². The summed E-state index contributed by atoms with van der Waals surface area (Å²) in [6.45, 7) is 5.96. The molecule has 8 heteroatoms. The Bertz CT molecular complexity index is 851. The van der Waals surface area contributed by atoms with Crippen molar-refractivity contribution in [2.24, 2.45) is 11.1 Å². The van der Waals surface area contributed by atoms with E-state index in [0.717, 1.165) is 5.52 Å². The summed E-state index contributed by atoms with van der Waals surface area (Å²) in [6.07, 6.45) is 1.25. The van der Waals surface area contributed by atoms with E-state index < -0.39 is 29.2 Å². The highest BCUT2D eigenvalue weighted by Gasteiger charge is 2.32. The number of hydrogen-bond acceptors (Lipinski definition) is 4. The van der Waals surface area contributed by atoms with Crippen LogP contribution in [0.3, 0.4) is 0 Å². The van der Waals surface area contributed by atoms with Crippen LogP contribution in [0.5, 0.6) is 0 Å². The van der Waals surface area contributed by atoms with Gasteiger partial charge < -0.3 is 16.2 Å². The molecule has 27 heavy (non-hydrogen) atoms. The lowest BCUT2D eigenvalue weighted by Crippen LogP contribution is -2.52. The van der Waals surface area contributed by atoms with Crippen molar-refractivity contribution in [3.63, 3.8) is 0 Å². The summed E-state index contributed by atoms with van der Waals surface area (Å²) in [5, 5.41) is 16.5. The van der Waals surface area contributed by atoms with Crippen LogP contribution >= 0.6 is 0 Å². The molecule has 0 aliphatic carbocycles. The Morgan fingerprint density at radius 3 is 2.48 bits per heavy atom. The molecule has 146 valence electrons. The third kappa shape index (κ3) is 5.06. The number of para-hydroxylation sites is 1. The molecule has 0 fully saturated rings. The van der Waals surface area contributed by atoms with Gasteiger partial charge in [0.25, 0.3) is 5.91 Å². The van der Waals surface area contributed by atoms with Gasteiger partial charge in [0.1, 0.15) is 6.04 Å². The van der Waals surface area contributed by atoms with Gasteiger partial charge >= 0.3 is 5.97 Å². The zero-order valence-electron chi connectivity index (χ0n) is 15.9. The van der Waals surface area contributed by atoms with Gasteiger partial charge in [-0.25, -0.2) is 0 Å². The summed E-state index contributed by atoms with van der Waals surface area (Å²) in [7, 11) is 0. The smallest absolute Gasteiger partial charge is 0.303 e. The number of nitrogens with one attached hydrogen (secondary N) is 1. The van der Waals surface area contributed by atoms with Gasteiger partial charge in [0.05, 0.1) is 5.52 Å². The van der Waals surface area contributed by atoms with Gasteiger partial charge in [-0.2, -0.15) is 5.10 Å². The molecule has 1 heterocycles. The standard InChI is InChI=1S/C19H26N4O4/c1-19(2,3)16(17(20)26)21-18(27)15-12-8-4-5-9-13(12)23(22-15)11-7-6-10-14(24)25/h4-5,8-9,16H,6-7,10-11H2,1-3H3,(H2,20,26)(H,21,27)(H,24,25)/t16-/m0/s1. The van der Waals surface area contributed by atoms with Crippen molar-refractivity contribution < 1.29 is 19.5 Å². The highest BCUT2D eigenvalue weighted by molar-refractivity contribution is 6.06. The second-order valence-corrected chi connectivity index (χ2v) is 7.61. The summed E-state index contributed by atoms with van der Waals surface area (Å²) in [5.41, 5.74) is 5.92. The molecule has 0 aliphatic rings. The number of nitrogens with two attached hydrogens (primary N) is 1. The lowest BCUT2D eigenvalue weighted by atomic mass is 9.86. The molecule has 1 aromatic carbocycles. The minimum Gasteiger partial charge on any atom is -0.481 e. The molecule has 1 aromatic heterocycles. The van der Waals surface area contributed by atoms with E-state index in [1.165, 1.54) is 0 Å². The lowest BCUT2D eigenvalue weighted by molar-refractivity contribution is -0.137. The third-order valence-electron chi connectivity index (χ3n) is 4.31. The minimum absolute atomic E-state index is 0.0957. The van der Waals surface area contributed by atoms with E-state index in [9.17, 15) is 14.4 Å². The fourth-order valence-electron chi connectivity index (χ4n) is 2.92. The summed E-state index contributed by atoms with van der Waals surface area (Å²) < 4.78 is 1.70. The fraction of sp³-hybridized carbons (Fsp3) is 0.474. The van der Waals surface area contributed by atoms with Gasteiger partial charge in [-0.3, -0.25) is 19.1 Å². The maximum atomic E-state index is 12.8. The van der Waals surface area contributed by atoms with Crippen molar-refractivity contribution in [2.45, 2.75) is 52.6 Å². The van der Waals surface area contributed by atoms with Crippen molar-refractivity contribution in [1.29, 1.82) is 0 Å². The van der Waals surface area contributed by atoms with E-state index in [4.69, 9.17) is 10.8 Å². The summed E-state index contributed by atoms with van der Waals surface area (Å²) in [6, 6.07) is 6.48. The van der Waals surface area contributed by atoms with Gasteiger partial charge in [0.2, 0.25) is 5.91 Å². The number of carbonyl (C=O) groups excluding carboxylic acids is 2. The number of fused-ring (bicyclic) bond motifs is 1. The van der Waals surface area contributed by atoms with E-state index in [1.54, 1.807) is 10.7 Å². The first-order valence-electron chi connectivity index (χ1n) is 8.89. The molecule has 4 N–H and O–H groups in total. The normalized spacial score (nSPS) is 12.7. The van der Waals surface area contributed by atoms with Crippen LogP contribution < -0.4 is 11.1 Å². The monoisotopic (exact) mass is 374 g/mol. The molecular weight excluding hydrogens is 348 g/mol. The van der Waals surface area contributed by atoms with Crippen molar-refractivity contribution in [2.75, 3.05) is 0 Å². The Kier molecular flexibility index (Phi) is 6.20. The topological polar surface area (TPSA) is 127 Å². The molecule has 0 radical (unpaired) electrons. The Labute approximate surface area is 157 Å². The van der Waals surface area contributed by atoms with Gasteiger partial charge in [-0.05, 0) is 24.3 Å². The van der Waals surface area contributed by atoms with Crippen molar-refractivity contribution >= 4 is 28.7 Å². The Morgan fingerprint density at radius 1 is 1.22 bits per heavy atom. The number of rotatable bonds is 8. The van der Waals surface area contributed by atoms with Crippen molar-refractivity contribution in [3.8, 4) is 0 Å². The van der Waals surface area contributed by atoms with Crippen LogP contribution in [0, 0.1) is 5.41 Å². The third-order valence-corrected chi connectivity index (χ3v) is 4.31. The predicted molar refractivity (Wildman–Crippen MR) is 101 cm³/mol. The van der Waals surface area contributed by atoms with Gasteiger partial charge in [-0.15, -0.1) is 0 Å². The first kappa shape index (κ1) is 20.4. The number of amides is 2. The van der Waals surface area contributed by atoms with Gasteiger partial charge in [0.15, 0.2) is 5.69 Å². The van der Waals surface area contributed by atoms with E-state index in [2.05, 4.69) is 10.4 Å². The largest absolute Gasteiger partial charge is 0.481 e. The second-order valence-electron chi connectivity index (χ2n) is 7.61. The number of carboxylic acid groups (broad SMARTS) is 1.